The summed E-state index contributed by atoms with van der Waals surface area (Å²) in [7, 11) is 2.58. The number of thiocyanates is 1. The van der Waals surface area contributed by atoms with Crippen LogP contribution in [0.3, 0.4) is 0 Å². The lowest BCUT2D eigenvalue weighted by atomic mass is 11.0. The number of nitriles is 1. The molecular weight excluding hydrogens is 113 g/mol. The molecule has 0 aromatic carbocycles. The second kappa shape index (κ2) is 18.6. The summed E-state index contributed by atoms with van der Waals surface area (Å²) < 4.78 is 0. The molecule has 1 nitrogen and oxygen atoms in total. The molecule has 0 spiro atoms. The highest BCUT2D eigenvalue weighted by molar-refractivity contribution is 7.85. The lowest BCUT2D eigenvalue weighted by Crippen LogP contribution is -1.33. The summed E-state index contributed by atoms with van der Waals surface area (Å²) in [5.74, 6) is 0. The third-order valence-electron chi connectivity index (χ3n) is 0. The quantitative estimate of drug-likeness (QED) is 0.291. The van der Waals surface area contributed by atoms with Gasteiger partial charge in [0.25, 0.3) is 0 Å². The van der Waals surface area contributed by atoms with E-state index in [0.717, 1.165) is 0 Å². The van der Waals surface area contributed by atoms with E-state index in [4.69, 9.17) is 5.26 Å². The van der Waals surface area contributed by atoms with Crippen molar-refractivity contribution in [1.82, 2.24) is 0 Å². The number of hydrogen-bond acceptors (Lipinski definition) is 2. The van der Waals surface area contributed by atoms with E-state index in [9.17, 15) is 0 Å². The van der Waals surface area contributed by atoms with E-state index in [1.54, 1.807) is 0 Å². The molecule has 36 valence electrons. The van der Waals surface area contributed by atoms with Gasteiger partial charge in [0, 0.05) is 0 Å². The maximum absolute atomic E-state index is 7.18. The maximum atomic E-state index is 7.18. The van der Waals surface area contributed by atoms with Crippen molar-refractivity contribution in [3.8, 4) is 5.40 Å². The second-order valence-corrected chi connectivity index (χ2v) is 1.52. The van der Waals surface area contributed by atoms with Crippen LogP contribution in [0.2, 0.25) is 0 Å². The van der Waals surface area contributed by atoms with Gasteiger partial charge in [0.2, 0.25) is 0 Å². The highest BCUT2D eigenvalue weighted by Crippen LogP contribution is 1.68. The van der Waals surface area contributed by atoms with Gasteiger partial charge in [-0.1, -0.05) is 19.6 Å². The number of thiol groups is 1. The van der Waals surface area contributed by atoms with Gasteiger partial charge < -0.3 is 0 Å². The highest BCUT2D eigenvalue weighted by atomic mass is 32.1. The third kappa shape index (κ3) is 626. The molecule has 0 aliphatic carbocycles. The summed E-state index contributed by atoms with van der Waals surface area (Å²) in [5, 5.41) is 8.63. The zero-order valence-corrected chi connectivity index (χ0v) is 5.73. The SMILES string of the molecule is CCP.N#CS. The maximum Gasteiger partial charge on any atom is 0.130 e. The van der Waals surface area contributed by atoms with Crippen molar-refractivity contribution in [3.05, 3.63) is 0 Å². The first-order chi connectivity index (χ1) is 2.83. The topological polar surface area (TPSA) is 23.8 Å². The molecule has 0 fully saturated rings. The largest absolute Gasteiger partial charge is 0.185 e. The van der Waals surface area contributed by atoms with Gasteiger partial charge in [-0.3, -0.25) is 0 Å². The van der Waals surface area contributed by atoms with E-state index in [1.807, 2.05) is 0 Å². The Kier molecular flexibility index (Phi) is 29.7. The Morgan fingerprint density at radius 3 is 2.00 bits per heavy atom. The Labute approximate surface area is 46.4 Å². The van der Waals surface area contributed by atoms with Crippen molar-refractivity contribution in [2.24, 2.45) is 0 Å². The van der Waals surface area contributed by atoms with Gasteiger partial charge in [-0.05, 0) is 6.16 Å². The van der Waals surface area contributed by atoms with E-state index >= 15 is 0 Å². The molecule has 0 aromatic rings. The van der Waals surface area contributed by atoms with Crippen LogP contribution in [-0.4, -0.2) is 6.16 Å². The molecule has 0 heterocycles. The van der Waals surface area contributed by atoms with Crippen LogP contribution >= 0.6 is 21.9 Å². The van der Waals surface area contributed by atoms with Gasteiger partial charge in [-0.2, -0.15) is 5.26 Å². The average Bonchev–Trinajstić information content (AvgIpc) is 1.39. The molecule has 0 aliphatic heterocycles. The molecular formula is C3H8NPS. The lowest BCUT2D eigenvalue weighted by molar-refractivity contribution is 1.53. The summed E-state index contributed by atoms with van der Waals surface area (Å²) in [6.45, 7) is 2.09. The van der Waals surface area contributed by atoms with Crippen molar-refractivity contribution in [1.29, 1.82) is 5.26 Å². The molecule has 6 heavy (non-hydrogen) atoms. The minimum atomic E-state index is 1.17. The van der Waals surface area contributed by atoms with Crippen molar-refractivity contribution in [2.75, 3.05) is 6.16 Å². The Hall–Kier alpha value is 0.270. The molecule has 1 atom stereocenters. The van der Waals surface area contributed by atoms with Crippen LogP contribution in [0, 0.1) is 10.7 Å². The fourth-order valence-electron chi connectivity index (χ4n) is 0. The van der Waals surface area contributed by atoms with E-state index < -0.39 is 0 Å². The van der Waals surface area contributed by atoms with Crippen LogP contribution in [0.1, 0.15) is 6.92 Å². The standard InChI is InChI=1S/C2H7P.CHNS/c1-2-3;2-1-3/h2-3H2,1H3;3H. The number of nitrogens with zero attached hydrogens (tertiary/aromatic N) is 1. The zero-order chi connectivity index (χ0) is 5.41. The fourth-order valence-corrected chi connectivity index (χ4v) is 0. The first-order valence-corrected chi connectivity index (χ1v) is 2.83. The summed E-state index contributed by atoms with van der Waals surface area (Å²) in [4.78, 5) is 0. The van der Waals surface area contributed by atoms with E-state index in [1.165, 1.54) is 11.6 Å². The average molecular weight is 121 g/mol. The van der Waals surface area contributed by atoms with Crippen LogP contribution in [-0.2, 0) is 0 Å². The second-order valence-electron chi connectivity index (χ2n) is 0.508. The molecule has 3 heteroatoms. The minimum Gasteiger partial charge on any atom is -0.185 e. The Balaban J connectivity index is 0. The Morgan fingerprint density at radius 2 is 2.00 bits per heavy atom. The van der Waals surface area contributed by atoms with Crippen LogP contribution in [0.4, 0.5) is 0 Å². The molecule has 0 bridgehead atoms. The molecule has 0 amide bonds. The summed E-state index contributed by atoms with van der Waals surface area (Å²) in [5.41, 5.74) is 0. The highest BCUT2D eigenvalue weighted by Gasteiger charge is 1.35. The first-order valence-electron chi connectivity index (χ1n) is 1.56. The first kappa shape index (κ1) is 9.55. The van der Waals surface area contributed by atoms with Crippen LogP contribution < -0.4 is 0 Å². The van der Waals surface area contributed by atoms with Gasteiger partial charge in [0.05, 0.1) is 0 Å². The normalized spacial score (nSPS) is 4.33. The molecule has 0 N–H and O–H groups in total. The minimum absolute atomic E-state index is 1.17. The van der Waals surface area contributed by atoms with Gasteiger partial charge >= 0.3 is 0 Å². The summed E-state index contributed by atoms with van der Waals surface area (Å²) >= 11 is 3.09. The van der Waals surface area contributed by atoms with Crippen LogP contribution in [0.5, 0.6) is 0 Å². The Morgan fingerprint density at radius 1 is 2.00 bits per heavy atom. The number of hydrogen-bond donors (Lipinski definition) is 1. The number of rotatable bonds is 0. The molecule has 0 saturated heterocycles. The van der Waals surface area contributed by atoms with Crippen molar-refractivity contribution in [3.63, 3.8) is 0 Å². The summed E-state index contributed by atoms with van der Waals surface area (Å²) in [6.07, 6.45) is 1.17. The fraction of sp³-hybridized carbons (Fsp3) is 0.667. The van der Waals surface area contributed by atoms with Crippen LogP contribution in [0.15, 0.2) is 0 Å². The predicted molar refractivity (Wildman–Crippen MR) is 34.9 cm³/mol. The predicted octanol–water partition coefficient (Wildman–Crippen LogP) is 1.28. The Bertz CT molecular complexity index is 40.5. The molecule has 1 unspecified atom stereocenters. The van der Waals surface area contributed by atoms with Crippen LogP contribution in [0.25, 0.3) is 0 Å². The van der Waals surface area contributed by atoms with Gasteiger partial charge in [0.1, 0.15) is 5.40 Å². The van der Waals surface area contributed by atoms with E-state index in [-0.39, 0.29) is 0 Å². The van der Waals surface area contributed by atoms with Crippen molar-refractivity contribution < 1.29 is 0 Å². The molecule has 0 radical (unpaired) electrons. The molecule has 0 aromatic heterocycles. The lowest BCUT2D eigenvalue weighted by Gasteiger charge is -1.48. The van der Waals surface area contributed by atoms with E-state index in [2.05, 4.69) is 28.8 Å². The third-order valence-corrected chi connectivity index (χ3v) is 0. The van der Waals surface area contributed by atoms with Gasteiger partial charge in [0.15, 0.2) is 0 Å². The van der Waals surface area contributed by atoms with Crippen molar-refractivity contribution in [2.45, 2.75) is 6.92 Å². The monoisotopic (exact) mass is 121 g/mol. The van der Waals surface area contributed by atoms with Gasteiger partial charge in [-0.25, -0.2) is 0 Å². The molecule has 0 saturated carbocycles. The van der Waals surface area contributed by atoms with E-state index in [0.29, 0.717) is 0 Å². The smallest absolute Gasteiger partial charge is 0.130 e. The molecule has 0 rings (SSSR count). The van der Waals surface area contributed by atoms with Gasteiger partial charge in [-0.15, -0.1) is 9.24 Å². The van der Waals surface area contributed by atoms with Crippen molar-refractivity contribution >= 4 is 21.9 Å². The zero-order valence-electron chi connectivity index (χ0n) is 3.68. The molecule has 0 aliphatic rings. The summed E-state index contributed by atoms with van der Waals surface area (Å²) in [6, 6.07) is 0.